The van der Waals surface area contributed by atoms with E-state index in [1.807, 2.05) is 4.90 Å². The summed E-state index contributed by atoms with van der Waals surface area (Å²) in [5.74, 6) is 0.337. The van der Waals surface area contributed by atoms with E-state index < -0.39 is 5.82 Å². The number of para-hydroxylation sites is 1. The lowest BCUT2D eigenvalue weighted by Gasteiger charge is -2.54. The Labute approximate surface area is 180 Å². The molecular formula is C25H28FN3O2. The first-order chi connectivity index (χ1) is 15.1. The highest BCUT2D eigenvalue weighted by atomic mass is 19.1. The molecule has 2 bridgehead atoms. The Hall–Kier alpha value is -2.47. The summed E-state index contributed by atoms with van der Waals surface area (Å²) in [7, 11) is 0. The van der Waals surface area contributed by atoms with Crippen molar-refractivity contribution in [2.75, 3.05) is 19.6 Å². The zero-order valence-electron chi connectivity index (χ0n) is 17.6. The summed E-state index contributed by atoms with van der Waals surface area (Å²) in [4.78, 5) is 34.1. The van der Waals surface area contributed by atoms with E-state index in [4.69, 9.17) is 0 Å². The minimum atomic E-state index is -0.478. The summed E-state index contributed by atoms with van der Waals surface area (Å²) < 4.78 is 14.1. The van der Waals surface area contributed by atoms with Crippen LogP contribution in [0.15, 0.2) is 40.8 Å². The lowest BCUT2D eigenvalue weighted by atomic mass is 9.68. The molecule has 4 atom stereocenters. The Kier molecular flexibility index (Phi) is 4.53. The Bertz CT molecular complexity index is 1140. The highest BCUT2D eigenvalue weighted by Crippen LogP contribution is 2.45. The van der Waals surface area contributed by atoms with Gasteiger partial charge in [0.2, 0.25) is 5.43 Å². The summed E-state index contributed by atoms with van der Waals surface area (Å²) in [6.45, 7) is 2.88. The molecule has 3 fully saturated rings. The largest absolute Gasteiger partial charge is 0.358 e. The number of carbonyl (C=O) groups excluding carboxylic acids is 1. The second-order valence-corrected chi connectivity index (χ2v) is 9.70. The van der Waals surface area contributed by atoms with Gasteiger partial charge in [-0.15, -0.1) is 0 Å². The highest BCUT2D eigenvalue weighted by molar-refractivity contribution is 5.97. The number of aromatic amines is 1. The number of pyridine rings is 1. The topological polar surface area (TPSA) is 56.4 Å². The van der Waals surface area contributed by atoms with Crippen LogP contribution >= 0.6 is 0 Å². The van der Waals surface area contributed by atoms with Crippen molar-refractivity contribution in [2.24, 2.45) is 11.8 Å². The number of nitrogens with zero attached hydrogens (tertiary/aromatic N) is 2. The van der Waals surface area contributed by atoms with Gasteiger partial charge in [0.05, 0.1) is 11.6 Å². The van der Waals surface area contributed by atoms with E-state index in [1.54, 1.807) is 6.07 Å². The van der Waals surface area contributed by atoms with Gasteiger partial charge in [0.25, 0.3) is 5.91 Å². The first-order valence-corrected chi connectivity index (χ1v) is 11.7. The molecule has 1 aromatic heterocycles. The molecule has 1 aromatic carbocycles. The summed E-state index contributed by atoms with van der Waals surface area (Å²) in [5.41, 5.74) is 1.29. The first kappa shape index (κ1) is 19.2. The molecule has 6 rings (SSSR count). The Balaban J connectivity index is 1.37. The van der Waals surface area contributed by atoms with E-state index in [2.05, 4.69) is 16.0 Å². The van der Waals surface area contributed by atoms with Crippen molar-refractivity contribution in [3.05, 3.63) is 57.6 Å². The molecule has 3 saturated heterocycles. The van der Waals surface area contributed by atoms with Crippen LogP contribution in [0.2, 0.25) is 0 Å². The van der Waals surface area contributed by atoms with E-state index in [9.17, 15) is 14.0 Å². The van der Waals surface area contributed by atoms with Crippen LogP contribution in [0.1, 0.15) is 48.9 Å². The van der Waals surface area contributed by atoms with Gasteiger partial charge < -0.3 is 9.88 Å². The molecule has 1 amide bonds. The molecule has 0 spiro atoms. The molecule has 2 unspecified atom stereocenters. The maximum absolute atomic E-state index is 14.1. The number of benzene rings is 1. The van der Waals surface area contributed by atoms with Crippen LogP contribution in [0.5, 0.6) is 0 Å². The lowest BCUT2D eigenvalue weighted by molar-refractivity contribution is 0.00143. The van der Waals surface area contributed by atoms with Gasteiger partial charge in [0.1, 0.15) is 11.4 Å². The van der Waals surface area contributed by atoms with Crippen molar-refractivity contribution in [2.45, 2.75) is 50.6 Å². The van der Waals surface area contributed by atoms with Crippen LogP contribution < -0.4 is 5.43 Å². The van der Waals surface area contributed by atoms with Crippen molar-refractivity contribution in [3.63, 3.8) is 0 Å². The minimum Gasteiger partial charge on any atom is -0.358 e. The van der Waals surface area contributed by atoms with Crippen LogP contribution in [0.4, 0.5) is 4.39 Å². The van der Waals surface area contributed by atoms with Crippen LogP contribution in [0.25, 0.3) is 10.9 Å². The number of amides is 1. The molecule has 1 aliphatic carbocycles. The Morgan fingerprint density at radius 2 is 2.06 bits per heavy atom. The number of hydrogen-bond acceptors (Lipinski definition) is 3. The van der Waals surface area contributed by atoms with E-state index in [0.29, 0.717) is 24.4 Å². The fraction of sp³-hybridized carbons (Fsp3) is 0.520. The number of piperidine rings is 3. The van der Waals surface area contributed by atoms with E-state index in [1.165, 1.54) is 43.2 Å². The second kappa shape index (κ2) is 7.30. The zero-order valence-corrected chi connectivity index (χ0v) is 17.6. The average Bonchev–Trinajstić information content (AvgIpc) is 2.79. The van der Waals surface area contributed by atoms with Gasteiger partial charge in [0, 0.05) is 30.7 Å². The van der Waals surface area contributed by atoms with Crippen molar-refractivity contribution in [1.82, 2.24) is 14.8 Å². The third kappa shape index (κ3) is 2.99. The Morgan fingerprint density at radius 3 is 2.97 bits per heavy atom. The number of fused-ring (bicyclic) bond motifs is 7. The molecule has 162 valence electrons. The molecule has 31 heavy (non-hydrogen) atoms. The van der Waals surface area contributed by atoms with Crippen LogP contribution in [0, 0.1) is 17.7 Å². The number of hydrogen-bond donors (Lipinski definition) is 1. The summed E-state index contributed by atoms with van der Waals surface area (Å²) in [6, 6.07) is 5.17. The summed E-state index contributed by atoms with van der Waals surface area (Å²) >= 11 is 0. The fourth-order valence-electron chi connectivity index (χ4n) is 6.73. The van der Waals surface area contributed by atoms with Gasteiger partial charge >= 0.3 is 0 Å². The minimum absolute atomic E-state index is 0.0861. The lowest BCUT2D eigenvalue weighted by Crippen LogP contribution is -2.60. The maximum Gasteiger partial charge on any atom is 0.259 e. The predicted octanol–water partition coefficient (Wildman–Crippen LogP) is 3.70. The van der Waals surface area contributed by atoms with Crippen molar-refractivity contribution in [1.29, 1.82) is 0 Å². The van der Waals surface area contributed by atoms with Gasteiger partial charge in [0.15, 0.2) is 0 Å². The van der Waals surface area contributed by atoms with Gasteiger partial charge in [-0.05, 0) is 62.6 Å². The van der Waals surface area contributed by atoms with Gasteiger partial charge in [-0.2, -0.15) is 0 Å². The molecule has 5 nitrogen and oxygen atoms in total. The van der Waals surface area contributed by atoms with E-state index in [-0.39, 0.29) is 33.8 Å². The smallest absolute Gasteiger partial charge is 0.259 e. The number of H-pyrrole nitrogens is 1. The molecule has 3 aliphatic heterocycles. The fourth-order valence-corrected chi connectivity index (χ4v) is 6.73. The summed E-state index contributed by atoms with van der Waals surface area (Å²) in [6.07, 6.45) is 10.9. The highest BCUT2D eigenvalue weighted by Gasteiger charge is 2.47. The van der Waals surface area contributed by atoms with Crippen molar-refractivity contribution >= 4 is 16.8 Å². The molecule has 1 N–H and O–H groups in total. The number of likely N-dealkylation sites (tertiary alicyclic amines) is 1. The third-order valence-electron chi connectivity index (χ3n) is 8.01. The van der Waals surface area contributed by atoms with Crippen molar-refractivity contribution < 1.29 is 9.18 Å². The van der Waals surface area contributed by atoms with Crippen LogP contribution in [0.3, 0.4) is 0 Å². The number of aromatic nitrogens is 1. The predicted molar refractivity (Wildman–Crippen MR) is 117 cm³/mol. The van der Waals surface area contributed by atoms with Crippen LogP contribution in [-0.4, -0.2) is 52.4 Å². The standard InChI is InChI=1S/C25H28FN3O2/c26-20-7-3-6-18-22(20)27-13-19(24(18)30)25(31)29-10-4-5-15-11-16-12-17(23(15)29)14-28-9-2-1-8-21(16)28/h3,6-7,11,13,16-17,21,23H,1-2,4-5,8-10,12,14H2,(H,27,30)/t16?,17?,21-,23-/m1/s1. The maximum atomic E-state index is 14.1. The quantitative estimate of drug-likeness (QED) is 0.715. The number of nitrogens with one attached hydrogen (secondary N) is 1. The number of rotatable bonds is 1. The number of halogens is 1. The molecule has 4 aliphatic rings. The average molecular weight is 422 g/mol. The molecule has 0 saturated carbocycles. The normalized spacial score (nSPS) is 30.5. The van der Waals surface area contributed by atoms with Crippen LogP contribution in [-0.2, 0) is 0 Å². The third-order valence-corrected chi connectivity index (χ3v) is 8.01. The molecule has 6 heteroatoms. The van der Waals surface area contributed by atoms with Gasteiger partial charge in [-0.25, -0.2) is 4.39 Å². The van der Waals surface area contributed by atoms with Gasteiger partial charge in [-0.3, -0.25) is 14.5 Å². The number of carbonyl (C=O) groups is 1. The van der Waals surface area contributed by atoms with E-state index in [0.717, 1.165) is 32.4 Å². The Morgan fingerprint density at radius 1 is 1.16 bits per heavy atom. The zero-order chi connectivity index (χ0) is 21.1. The molecular weight excluding hydrogens is 393 g/mol. The summed E-state index contributed by atoms with van der Waals surface area (Å²) in [5, 5.41) is 0.233. The van der Waals surface area contributed by atoms with Gasteiger partial charge in [-0.1, -0.05) is 24.1 Å². The molecule has 4 heterocycles. The second-order valence-electron chi connectivity index (χ2n) is 9.70. The SMILES string of the molecule is O=C(c1c[nH]c2c(F)cccc2c1=O)N1CCCC2=CC3CC(CN4CCCC[C@H]34)[C@@H]21. The van der Waals surface area contributed by atoms with Crippen molar-refractivity contribution in [3.8, 4) is 0 Å². The molecule has 2 aromatic rings. The monoisotopic (exact) mass is 421 g/mol. The molecule has 0 radical (unpaired) electrons. The first-order valence-electron chi connectivity index (χ1n) is 11.7. The van der Waals surface area contributed by atoms with E-state index >= 15 is 0 Å².